The quantitative estimate of drug-likeness (QED) is 0.836. The number of methoxy groups -OCH3 is 1. The van der Waals surface area contributed by atoms with Crippen LogP contribution in [0, 0.1) is 6.92 Å². The minimum atomic E-state index is -0.375. The van der Waals surface area contributed by atoms with Crippen LogP contribution in [0.5, 0.6) is 0 Å². The molecule has 0 saturated carbocycles. The first kappa shape index (κ1) is 11.2. The van der Waals surface area contributed by atoms with Gasteiger partial charge in [0, 0.05) is 20.7 Å². The molecule has 2 N–H and O–H groups in total. The van der Waals surface area contributed by atoms with Crippen LogP contribution in [-0.2, 0) is 4.74 Å². The van der Waals surface area contributed by atoms with Crippen molar-refractivity contribution in [3.63, 3.8) is 0 Å². The van der Waals surface area contributed by atoms with Crippen LogP contribution in [0.3, 0.4) is 0 Å². The molecular weight excluding hydrogens is 242 g/mol. The SMILES string of the molecule is COC(=O)c1c(-c2ccc(C)s2)csc1N. The molecule has 0 radical (unpaired) electrons. The van der Waals surface area contributed by atoms with Gasteiger partial charge in [-0.2, -0.15) is 0 Å². The predicted octanol–water partition coefficient (Wildman–Crippen LogP) is 3.15. The Balaban J connectivity index is 2.53. The molecule has 0 spiro atoms. The summed E-state index contributed by atoms with van der Waals surface area (Å²) >= 11 is 3.00. The first-order chi connectivity index (χ1) is 7.63. The van der Waals surface area contributed by atoms with Gasteiger partial charge >= 0.3 is 5.97 Å². The van der Waals surface area contributed by atoms with Gasteiger partial charge in [0.15, 0.2) is 0 Å². The fourth-order valence-electron chi connectivity index (χ4n) is 1.45. The van der Waals surface area contributed by atoms with E-state index in [-0.39, 0.29) is 5.97 Å². The van der Waals surface area contributed by atoms with E-state index in [9.17, 15) is 4.79 Å². The van der Waals surface area contributed by atoms with Gasteiger partial charge in [-0.1, -0.05) is 0 Å². The summed E-state index contributed by atoms with van der Waals surface area (Å²) in [7, 11) is 1.36. The fraction of sp³-hybridized carbons (Fsp3) is 0.182. The van der Waals surface area contributed by atoms with Crippen LogP contribution in [0.4, 0.5) is 5.00 Å². The van der Waals surface area contributed by atoms with Gasteiger partial charge in [0.1, 0.15) is 10.6 Å². The lowest BCUT2D eigenvalue weighted by Crippen LogP contribution is -2.03. The van der Waals surface area contributed by atoms with Crippen LogP contribution in [-0.4, -0.2) is 13.1 Å². The Labute approximate surface area is 101 Å². The first-order valence-corrected chi connectivity index (χ1v) is 6.35. The summed E-state index contributed by atoms with van der Waals surface area (Å²) in [6.07, 6.45) is 0. The number of rotatable bonds is 2. The molecule has 2 rings (SSSR count). The molecule has 0 aromatic carbocycles. The Hall–Kier alpha value is -1.33. The van der Waals surface area contributed by atoms with Crippen molar-refractivity contribution in [3.8, 4) is 10.4 Å². The van der Waals surface area contributed by atoms with E-state index in [0.29, 0.717) is 10.6 Å². The van der Waals surface area contributed by atoms with Crippen LogP contribution in [0.25, 0.3) is 10.4 Å². The molecule has 0 fully saturated rings. The largest absolute Gasteiger partial charge is 0.465 e. The highest BCUT2D eigenvalue weighted by atomic mass is 32.1. The van der Waals surface area contributed by atoms with Crippen molar-refractivity contribution in [2.45, 2.75) is 6.92 Å². The van der Waals surface area contributed by atoms with Gasteiger partial charge in [0.25, 0.3) is 0 Å². The minimum absolute atomic E-state index is 0.375. The van der Waals surface area contributed by atoms with Gasteiger partial charge in [-0.15, -0.1) is 22.7 Å². The van der Waals surface area contributed by atoms with Crippen LogP contribution in [0.1, 0.15) is 15.2 Å². The second-order valence-electron chi connectivity index (χ2n) is 3.29. The van der Waals surface area contributed by atoms with Gasteiger partial charge in [0.2, 0.25) is 0 Å². The number of hydrogen-bond acceptors (Lipinski definition) is 5. The van der Waals surface area contributed by atoms with Crippen molar-refractivity contribution in [1.82, 2.24) is 0 Å². The summed E-state index contributed by atoms with van der Waals surface area (Å²) < 4.78 is 4.74. The standard InChI is InChI=1S/C11H11NO2S2/c1-6-3-4-8(16-6)7-5-15-10(12)9(7)11(13)14-2/h3-5H,12H2,1-2H3. The number of ether oxygens (including phenoxy) is 1. The van der Waals surface area contributed by atoms with Gasteiger partial charge in [-0.25, -0.2) is 4.79 Å². The van der Waals surface area contributed by atoms with Crippen LogP contribution < -0.4 is 5.73 Å². The summed E-state index contributed by atoms with van der Waals surface area (Å²) in [6.45, 7) is 2.03. The highest BCUT2D eigenvalue weighted by molar-refractivity contribution is 7.17. The highest BCUT2D eigenvalue weighted by Gasteiger charge is 2.19. The molecule has 2 heterocycles. The Morgan fingerprint density at radius 1 is 1.44 bits per heavy atom. The molecule has 0 aliphatic heterocycles. The number of nitrogen functional groups attached to an aromatic ring is 1. The van der Waals surface area contributed by atoms with Crippen molar-refractivity contribution in [1.29, 1.82) is 0 Å². The number of hydrogen-bond donors (Lipinski definition) is 1. The van der Waals surface area contributed by atoms with Crippen LogP contribution >= 0.6 is 22.7 Å². The Morgan fingerprint density at radius 3 is 2.75 bits per heavy atom. The minimum Gasteiger partial charge on any atom is -0.465 e. The van der Waals surface area contributed by atoms with Crippen molar-refractivity contribution in [3.05, 3.63) is 28.0 Å². The monoisotopic (exact) mass is 253 g/mol. The highest BCUT2D eigenvalue weighted by Crippen LogP contribution is 2.37. The molecule has 5 heteroatoms. The van der Waals surface area contributed by atoms with E-state index in [4.69, 9.17) is 10.5 Å². The van der Waals surface area contributed by atoms with E-state index in [1.54, 1.807) is 11.3 Å². The molecule has 2 aromatic rings. The maximum atomic E-state index is 11.6. The van der Waals surface area contributed by atoms with Crippen molar-refractivity contribution in [2.24, 2.45) is 0 Å². The fourth-order valence-corrected chi connectivity index (χ4v) is 3.21. The summed E-state index contributed by atoms with van der Waals surface area (Å²) in [5.41, 5.74) is 7.13. The summed E-state index contributed by atoms with van der Waals surface area (Å²) in [4.78, 5) is 13.9. The van der Waals surface area contributed by atoms with E-state index in [1.165, 1.54) is 23.3 Å². The number of thiophene rings is 2. The average Bonchev–Trinajstić information content (AvgIpc) is 2.83. The molecule has 0 amide bonds. The Morgan fingerprint density at radius 2 is 2.19 bits per heavy atom. The summed E-state index contributed by atoms with van der Waals surface area (Å²) in [6, 6.07) is 4.02. The molecular formula is C11H11NO2S2. The first-order valence-electron chi connectivity index (χ1n) is 4.65. The van der Waals surface area contributed by atoms with Crippen molar-refractivity contribution in [2.75, 3.05) is 12.8 Å². The van der Waals surface area contributed by atoms with Crippen LogP contribution in [0.15, 0.2) is 17.5 Å². The summed E-state index contributed by atoms with van der Waals surface area (Å²) in [5.74, 6) is -0.375. The van der Waals surface area contributed by atoms with E-state index in [1.807, 2.05) is 24.4 Å². The third-order valence-electron chi connectivity index (χ3n) is 2.21. The molecule has 0 aliphatic carbocycles. The Bertz CT molecular complexity index is 528. The average molecular weight is 253 g/mol. The van der Waals surface area contributed by atoms with Gasteiger partial charge in [0.05, 0.1) is 7.11 Å². The molecule has 2 aromatic heterocycles. The molecule has 0 aliphatic rings. The van der Waals surface area contributed by atoms with E-state index >= 15 is 0 Å². The van der Waals surface area contributed by atoms with E-state index in [2.05, 4.69) is 0 Å². The topological polar surface area (TPSA) is 52.3 Å². The maximum absolute atomic E-state index is 11.6. The van der Waals surface area contributed by atoms with Crippen molar-refractivity contribution >= 4 is 33.6 Å². The zero-order chi connectivity index (χ0) is 11.7. The number of nitrogens with two attached hydrogens (primary N) is 1. The van der Waals surface area contributed by atoms with Gasteiger partial charge < -0.3 is 10.5 Å². The predicted molar refractivity (Wildman–Crippen MR) is 68.1 cm³/mol. The second-order valence-corrected chi connectivity index (χ2v) is 5.49. The van der Waals surface area contributed by atoms with Gasteiger partial charge in [-0.05, 0) is 19.1 Å². The summed E-state index contributed by atoms with van der Waals surface area (Å²) in [5, 5.41) is 2.40. The van der Waals surface area contributed by atoms with Crippen molar-refractivity contribution < 1.29 is 9.53 Å². The van der Waals surface area contributed by atoms with Gasteiger partial charge in [-0.3, -0.25) is 0 Å². The smallest absolute Gasteiger partial charge is 0.341 e. The third kappa shape index (κ3) is 1.83. The molecule has 84 valence electrons. The molecule has 0 bridgehead atoms. The van der Waals surface area contributed by atoms with E-state index < -0.39 is 0 Å². The zero-order valence-electron chi connectivity index (χ0n) is 8.94. The van der Waals surface area contributed by atoms with E-state index in [0.717, 1.165) is 10.4 Å². The lowest BCUT2D eigenvalue weighted by atomic mass is 10.1. The molecule has 0 atom stereocenters. The molecule has 0 unspecified atom stereocenters. The molecule has 16 heavy (non-hydrogen) atoms. The normalized spacial score (nSPS) is 10.4. The number of anilines is 1. The van der Waals surface area contributed by atoms with Crippen LogP contribution in [0.2, 0.25) is 0 Å². The lowest BCUT2D eigenvalue weighted by molar-refractivity contribution is 0.0603. The zero-order valence-corrected chi connectivity index (χ0v) is 10.6. The number of carbonyl (C=O) groups is 1. The third-order valence-corrected chi connectivity index (χ3v) is 4.06. The number of aryl methyl sites for hydroxylation is 1. The maximum Gasteiger partial charge on any atom is 0.341 e. The Kier molecular flexibility index (Phi) is 2.98. The number of carbonyl (C=O) groups excluding carboxylic acids is 1. The lowest BCUT2D eigenvalue weighted by Gasteiger charge is -2.01. The second kappa shape index (κ2) is 4.27. The number of esters is 1. The molecule has 0 saturated heterocycles. The molecule has 3 nitrogen and oxygen atoms in total.